The van der Waals surface area contributed by atoms with Crippen LogP contribution in [0.15, 0.2) is 30.3 Å². The van der Waals surface area contributed by atoms with Crippen molar-refractivity contribution in [3.05, 3.63) is 35.9 Å². The Morgan fingerprint density at radius 2 is 1.29 bits per heavy atom. The van der Waals surface area contributed by atoms with E-state index < -0.39 is 23.2 Å². The van der Waals surface area contributed by atoms with Gasteiger partial charge in [0, 0.05) is 5.56 Å². The highest BCUT2D eigenvalue weighted by molar-refractivity contribution is 6.01. The monoisotopic (exact) mass is 279 g/mol. The van der Waals surface area contributed by atoms with Gasteiger partial charge < -0.3 is 0 Å². The fourth-order valence-corrected chi connectivity index (χ4v) is 2.87. The van der Waals surface area contributed by atoms with Crippen LogP contribution in [-0.2, 0) is 0 Å². The molecule has 21 heavy (non-hydrogen) atoms. The van der Waals surface area contributed by atoms with E-state index in [0.29, 0.717) is 5.56 Å². The van der Waals surface area contributed by atoms with Gasteiger partial charge in [0.05, 0.1) is 41.4 Å². The van der Waals surface area contributed by atoms with Gasteiger partial charge in [-0.2, -0.15) is 15.8 Å². The molecule has 0 saturated carbocycles. The lowest BCUT2D eigenvalue weighted by Crippen LogP contribution is -2.47. The molecule has 1 aromatic rings. The highest BCUT2D eigenvalue weighted by Crippen LogP contribution is 2.45. The zero-order valence-corrected chi connectivity index (χ0v) is 12.4. The zero-order chi connectivity index (χ0) is 16.0. The van der Waals surface area contributed by atoms with Gasteiger partial charge in [-0.25, -0.2) is 0 Å². The quantitative estimate of drug-likeness (QED) is 0.773. The molecule has 4 nitrogen and oxygen atoms in total. The van der Waals surface area contributed by atoms with Crippen LogP contribution in [-0.4, -0.2) is 5.78 Å². The number of Topliss-reactive ketones (excluding diaryl/α,β-unsaturated/α-hetero) is 1. The molecule has 4 heteroatoms. The number of carbonyl (C=O) groups is 1. The summed E-state index contributed by atoms with van der Waals surface area (Å²) >= 11 is 0. The molecule has 0 heterocycles. The Morgan fingerprint density at radius 3 is 1.62 bits per heavy atom. The number of benzene rings is 1. The molecule has 1 rings (SSSR count). The summed E-state index contributed by atoms with van der Waals surface area (Å²) < 4.78 is 0. The smallest absolute Gasteiger partial charge is 0.172 e. The van der Waals surface area contributed by atoms with Crippen LogP contribution in [0.2, 0.25) is 0 Å². The van der Waals surface area contributed by atoms with Crippen LogP contribution in [0.5, 0.6) is 0 Å². The molecule has 1 aromatic carbocycles. The predicted molar refractivity (Wildman–Crippen MR) is 77.5 cm³/mol. The first-order valence-electron chi connectivity index (χ1n) is 6.75. The Morgan fingerprint density at radius 1 is 0.905 bits per heavy atom. The summed E-state index contributed by atoms with van der Waals surface area (Å²) in [5.74, 6) is -2.54. The molecular formula is C17H17N3O. The van der Waals surface area contributed by atoms with Gasteiger partial charge in [-0.3, -0.25) is 4.79 Å². The molecule has 0 aliphatic heterocycles. The van der Waals surface area contributed by atoms with Crippen LogP contribution < -0.4 is 0 Å². The first-order valence-corrected chi connectivity index (χ1v) is 6.75. The minimum absolute atomic E-state index is 0.319. The topological polar surface area (TPSA) is 88.4 Å². The molecule has 0 N–H and O–H groups in total. The van der Waals surface area contributed by atoms with E-state index in [-0.39, 0.29) is 5.78 Å². The van der Waals surface area contributed by atoms with E-state index in [1.807, 2.05) is 0 Å². The lowest BCUT2D eigenvalue weighted by molar-refractivity contribution is 0.0545. The predicted octanol–water partition coefficient (Wildman–Crippen LogP) is 3.33. The number of rotatable bonds is 5. The van der Waals surface area contributed by atoms with Gasteiger partial charge in [0.2, 0.25) is 0 Å². The Hall–Kier alpha value is -2.64. The number of ketones is 1. The summed E-state index contributed by atoms with van der Waals surface area (Å²) in [4.78, 5) is 13.0. The summed E-state index contributed by atoms with van der Waals surface area (Å²) in [6.07, 6.45) is 0. The van der Waals surface area contributed by atoms with Crippen LogP contribution >= 0.6 is 0 Å². The van der Waals surface area contributed by atoms with Crippen molar-refractivity contribution in [2.45, 2.75) is 20.8 Å². The van der Waals surface area contributed by atoms with Gasteiger partial charge in [-0.15, -0.1) is 0 Å². The second kappa shape index (κ2) is 6.69. The Labute approximate surface area is 125 Å². The second-order valence-corrected chi connectivity index (χ2v) is 5.18. The van der Waals surface area contributed by atoms with Crippen molar-refractivity contribution in [1.82, 2.24) is 0 Å². The average molecular weight is 279 g/mol. The number of hydrogen-bond acceptors (Lipinski definition) is 4. The van der Waals surface area contributed by atoms with Crippen LogP contribution in [0.3, 0.4) is 0 Å². The lowest BCUT2D eigenvalue weighted by atomic mass is 9.58. The SMILES string of the molecule is CC(C#N)C(C(=O)c1ccccc1)(C(C)C#N)C(C)C#N. The molecule has 106 valence electrons. The van der Waals surface area contributed by atoms with Crippen molar-refractivity contribution in [2.75, 3.05) is 0 Å². The Kier molecular flexibility index (Phi) is 5.23. The summed E-state index contributed by atoms with van der Waals surface area (Å²) in [6.45, 7) is 4.80. The third-order valence-electron chi connectivity index (χ3n) is 4.16. The van der Waals surface area contributed by atoms with Crippen molar-refractivity contribution in [1.29, 1.82) is 15.8 Å². The minimum atomic E-state index is -1.33. The number of hydrogen-bond donors (Lipinski definition) is 0. The third kappa shape index (κ3) is 2.64. The van der Waals surface area contributed by atoms with E-state index in [2.05, 4.69) is 18.2 Å². The van der Waals surface area contributed by atoms with E-state index in [4.69, 9.17) is 0 Å². The van der Waals surface area contributed by atoms with E-state index in [9.17, 15) is 20.6 Å². The standard InChI is InChI=1S/C17H17N3O/c1-12(9-18)17(13(2)10-19,14(3)11-20)16(21)15-7-5-4-6-8-15/h4-8,12-14H,1-3H3. The molecule has 0 radical (unpaired) electrons. The number of nitrogens with zero attached hydrogens (tertiary/aromatic N) is 3. The zero-order valence-electron chi connectivity index (χ0n) is 12.4. The van der Waals surface area contributed by atoms with Gasteiger partial charge >= 0.3 is 0 Å². The van der Waals surface area contributed by atoms with E-state index in [1.165, 1.54) is 0 Å². The Balaban J connectivity index is 3.59. The largest absolute Gasteiger partial charge is 0.293 e. The lowest BCUT2D eigenvalue weighted by Gasteiger charge is -2.39. The van der Waals surface area contributed by atoms with Crippen molar-refractivity contribution in [3.63, 3.8) is 0 Å². The van der Waals surface area contributed by atoms with Crippen LogP contribution in [0.1, 0.15) is 31.1 Å². The summed E-state index contributed by atoms with van der Waals surface area (Å²) in [5.41, 5.74) is -0.914. The first-order chi connectivity index (χ1) is 9.96. The maximum Gasteiger partial charge on any atom is 0.172 e. The molecule has 0 bridgehead atoms. The molecule has 0 aromatic heterocycles. The van der Waals surface area contributed by atoms with E-state index in [0.717, 1.165) is 0 Å². The molecule has 0 aliphatic carbocycles. The highest BCUT2D eigenvalue weighted by atomic mass is 16.1. The van der Waals surface area contributed by atoms with Crippen molar-refractivity contribution in [3.8, 4) is 18.2 Å². The second-order valence-electron chi connectivity index (χ2n) is 5.18. The first kappa shape index (κ1) is 16.4. The van der Waals surface area contributed by atoms with Crippen LogP contribution in [0.4, 0.5) is 0 Å². The van der Waals surface area contributed by atoms with Gasteiger partial charge in [-0.1, -0.05) is 30.3 Å². The molecule has 0 amide bonds. The molecule has 0 saturated heterocycles. The fourth-order valence-electron chi connectivity index (χ4n) is 2.87. The number of nitriles is 3. The highest BCUT2D eigenvalue weighted by Gasteiger charge is 2.53. The molecular weight excluding hydrogens is 262 g/mol. The normalized spacial score (nSPS) is 17.1. The van der Waals surface area contributed by atoms with Gasteiger partial charge in [0.1, 0.15) is 0 Å². The summed E-state index contributed by atoms with van der Waals surface area (Å²) in [6, 6.07) is 14.7. The molecule has 0 spiro atoms. The van der Waals surface area contributed by atoms with Gasteiger partial charge in [0.25, 0.3) is 0 Å². The number of carbonyl (C=O) groups excluding carboxylic acids is 1. The minimum Gasteiger partial charge on any atom is -0.293 e. The van der Waals surface area contributed by atoms with Crippen molar-refractivity contribution >= 4 is 5.78 Å². The van der Waals surface area contributed by atoms with Gasteiger partial charge in [0.15, 0.2) is 5.78 Å². The summed E-state index contributed by atoms with van der Waals surface area (Å²) in [5, 5.41) is 28.0. The maximum atomic E-state index is 13.0. The Bertz CT molecular complexity index is 580. The van der Waals surface area contributed by atoms with Crippen molar-refractivity contribution in [2.24, 2.45) is 23.2 Å². The fraction of sp³-hybridized carbons (Fsp3) is 0.412. The van der Waals surface area contributed by atoms with Crippen LogP contribution in [0, 0.1) is 57.2 Å². The molecule has 3 atom stereocenters. The maximum absolute atomic E-state index is 13.0. The van der Waals surface area contributed by atoms with Crippen LogP contribution in [0.25, 0.3) is 0 Å². The third-order valence-corrected chi connectivity index (χ3v) is 4.16. The van der Waals surface area contributed by atoms with Gasteiger partial charge in [-0.05, 0) is 20.8 Å². The van der Waals surface area contributed by atoms with Crippen molar-refractivity contribution < 1.29 is 4.79 Å². The average Bonchev–Trinajstić information content (AvgIpc) is 2.54. The molecule has 0 aliphatic rings. The summed E-state index contributed by atoms with van der Waals surface area (Å²) in [7, 11) is 0. The molecule has 3 unspecified atom stereocenters. The molecule has 0 fully saturated rings. The van der Waals surface area contributed by atoms with E-state index >= 15 is 0 Å². The van der Waals surface area contributed by atoms with E-state index in [1.54, 1.807) is 51.1 Å².